The number of methoxy groups -OCH3 is 2. The fourth-order valence-electron chi connectivity index (χ4n) is 2.87. The van der Waals surface area contributed by atoms with Crippen LogP contribution in [0.2, 0.25) is 0 Å². The van der Waals surface area contributed by atoms with Crippen molar-refractivity contribution >= 4 is 39.0 Å². The normalized spacial score (nSPS) is 15.4. The second-order valence-corrected chi connectivity index (χ2v) is 10.2. The highest BCUT2D eigenvalue weighted by Gasteiger charge is 2.30. The number of benzene rings is 1. The molecule has 10 heteroatoms. The first-order valence-electron chi connectivity index (χ1n) is 8.62. The maximum Gasteiger partial charge on any atom is 0.243 e. The lowest BCUT2D eigenvalue weighted by molar-refractivity contribution is -0.129. The second kappa shape index (κ2) is 9.17. The molecule has 2 heterocycles. The van der Waals surface area contributed by atoms with Gasteiger partial charge < -0.3 is 14.4 Å². The van der Waals surface area contributed by atoms with Gasteiger partial charge >= 0.3 is 0 Å². The predicted octanol–water partition coefficient (Wildman–Crippen LogP) is 2.39. The SMILES string of the molecule is COc1ccc(S(=O)(=O)N2CCN(C(=O)CSc3cccs3)CC2)cc1OC. The maximum absolute atomic E-state index is 12.9. The Hall–Kier alpha value is -1.75. The fourth-order valence-corrected chi connectivity index (χ4v) is 6.00. The molecule has 0 spiro atoms. The molecule has 3 rings (SSSR count). The molecule has 0 aliphatic carbocycles. The molecule has 1 aliphatic rings. The minimum absolute atomic E-state index is 0.0292. The monoisotopic (exact) mass is 442 g/mol. The number of thioether (sulfide) groups is 1. The Kier molecular flexibility index (Phi) is 6.86. The molecule has 2 aromatic rings. The Morgan fingerprint density at radius 2 is 1.82 bits per heavy atom. The average molecular weight is 443 g/mol. The molecule has 1 aromatic carbocycles. The zero-order valence-corrected chi connectivity index (χ0v) is 18.1. The van der Waals surface area contributed by atoms with Gasteiger partial charge in [0.05, 0.1) is 29.1 Å². The summed E-state index contributed by atoms with van der Waals surface area (Å²) in [6, 6.07) is 8.48. The van der Waals surface area contributed by atoms with E-state index < -0.39 is 10.0 Å². The van der Waals surface area contributed by atoms with Gasteiger partial charge in [-0.1, -0.05) is 6.07 Å². The number of rotatable bonds is 7. The molecule has 152 valence electrons. The van der Waals surface area contributed by atoms with Gasteiger partial charge in [0, 0.05) is 32.2 Å². The zero-order valence-electron chi connectivity index (χ0n) is 15.7. The van der Waals surface area contributed by atoms with Crippen molar-refractivity contribution < 1.29 is 22.7 Å². The van der Waals surface area contributed by atoms with Gasteiger partial charge in [-0.2, -0.15) is 4.31 Å². The molecule has 0 N–H and O–H groups in total. The van der Waals surface area contributed by atoms with Crippen molar-refractivity contribution in [2.75, 3.05) is 46.2 Å². The van der Waals surface area contributed by atoms with Crippen LogP contribution in [-0.4, -0.2) is 69.7 Å². The molecule has 0 bridgehead atoms. The first-order chi connectivity index (χ1) is 13.5. The van der Waals surface area contributed by atoms with Crippen molar-refractivity contribution in [1.29, 1.82) is 0 Å². The molecular formula is C18H22N2O5S3. The van der Waals surface area contributed by atoms with Crippen LogP contribution < -0.4 is 9.47 Å². The number of hydrogen-bond donors (Lipinski definition) is 0. The van der Waals surface area contributed by atoms with Crippen LogP contribution in [0.15, 0.2) is 44.8 Å². The molecule has 1 saturated heterocycles. The molecule has 0 saturated carbocycles. The largest absolute Gasteiger partial charge is 0.493 e. The summed E-state index contributed by atoms with van der Waals surface area (Å²) in [6.07, 6.45) is 0. The van der Waals surface area contributed by atoms with Gasteiger partial charge in [0.15, 0.2) is 11.5 Å². The summed E-state index contributed by atoms with van der Waals surface area (Å²) in [5, 5.41) is 1.98. The quantitative estimate of drug-likeness (QED) is 0.613. The van der Waals surface area contributed by atoms with Crippen LogP contribution in [0.4, 0.5) is 0 Å². The van der Waals surface area contributed by atoms with Crippen molar-refractivity contribution in [3.05, 3.63) is 35.7 Å². The number of ether oxygens (including phenoxy) is 2. The molecule has 1 fully saturated rings. The molecule has 1 aliphatic heterocycles. The standard InChI is InChI=1S/C18H22N2O5S3/c1-24-15-6-5-14(12-16(15)25-2)28(22,23)20-9-7-19(8-10-20)17(21)13-27-18-4-3-11-26-18/h3-6,11-12H,7-10,13H2,1-2H3. The number of carbonyl (C=O) groups excluding carboxylic acids is 1. The van der Waals surface area contributed by atoms with Gasteiger partial charge in [0.1, 0.15) is 0 Å². The average Bonchev–Trinajstić information content (AvgIpc) is 3.25. The summed E-state index contributed by atoms with van der Waals surface area (Å²) < 4.78 is 38.7. The lowest BCUT2D eigenvalue weighted by Gasteiger charge is -2.34. The summed E-state index contributed by atoms with van der Waals surface area (Å²) in [5.41, 5.74) is 0. The number of thiophene rings is 1. The number of amides is 1. The van der Waals surface area contributed by atoms with E-state index in [9.17, 15) is 13.2 Å². The van der Waals surface area contributed by atoms with Gasteiger partial charge in [0.2, 0.25) is 15.9 Å². The molecule has 7 nitrogen and oxygen atoms in total. The summed E-state index contributed by atoms with van der Waals surface area (Å²) >= 11 is 3.11. The van der Waals surface area contributed by atoms with E-state index in [0.29, 0.717) is 30.3 Å². The van der Waals surface area contributed by atoms with E-state index in [1.165, 1.54) is 42.4 Å². The summed E-state index contributed by atoms with van der Waals surface area (Å²) in [6.45, 7) is 1.31. The van der Waals surface area contributed by atoms with Crippen molar-refractivity contribution in [3.8, 4) is 11.5 Å². The fraction of sp³-hybridized carbons (Fsp3) is 0.389. The second-order valence-electron chi connectivity index (χ2n) is 6.02. The molecule has 1 amide bonds. The van der Waals surface area contributed by atoms with Gasteiger partial charge in [-0.3, -0.25) is 4.79 Å². The minimum atomic E-state index is -3.66. The smallest absolute Gasteiger partial charge is 0.243 e. The lowest BCUT2D eigenvalue weighted by Crippen LogP contribution is -2.50. The number of sulfonamides is 1. The zero-order chi connectivity index (χ0) is 20.1. The van der Waals surface area contributed by atoms with Gasteiger partial charge in [-0.15, -0.1) is 23.1 Å². The number of piperazine rings is 1. The summed E-state index contributed by atoms with van der Waals surface area (Å²) in [7, 11) is -0.696. The van der Waals surface area contributed by atoms with Crippen LogP contribution in [0, 0.1) is 0 Å². The van der Waals surface area contributed by atoms with Crippen molar-refractivity contribution in [2.45, 2.75) is 9.10 Å². The van der Waals surface area contributed by atoms with Crippen LogP contribution in [0.3, 0.4) is 0 Å². The highest BCUT2D eigenvalue weighted by molar-refractivity contribution is 8.01. The lowest BCUT2D eigenvalue weighted by atomic mass is 10.3. The molecule has 0 radical (unpaired) electrons. The first-order valence-corrected chi connectivity index (χ1v) is 11.9. The van der Waals surface area contributed by atoms with E-state index >= 15 is 0 Å². The van der Waals surface area contributed by atoms with Crippen LogP contribution in [0.5, 0.6) is 11.5 Å². The van der Waals surface area contributed by atoms with Crippen LogP contribution in [-0.2, 0) is 14.8 Å². The van der Waals surface area contributed by atoms with Crippen LogP contribution in [0.1, 0.15) is 0 Å². The Labute approximate surface area is 173 Å². The Morgan fingerprint density at radius 3 is 2.43 bits per heavy atom. The maximum atomic E-state index is 12.9. The minimum Gasteiger partial charge on any atom is -0.493 e. The van der Waals surface area contributed by atoms with Gasteiger partial charge in [-0.25, -0.2) is 8.42 Å². The molecule has 1 aromatic heterocycles. The van der Waals surface area contributed by atoms with Gasteiger partial charge in [0.25, 0.3) is 0 Å². The third-order valence-corrected chi connectivity index (χ3v) is 8.43. The van der Waals surface area contributed by atoms with Crippen molar-refractivity contribution in [2.24, 2.45) is 0 Å². The topological polar surface area (TPSA) is 76.2 Å². The van der Waals surface area contributed by atoms with Crippen molar-refractivity contribution in [3.63, 3.8) is 0 Å². The number of nitrogens with zero attached hydrogens (tertiary/aromatic N) is 2. The van der Waals surface area contributed by atoms with E-state index in [-0.39, 0.29) is 23.9 Å². The number of hydrogen-bond acceptors (Lipinski definition) is 7. The molecular weight excluding hydrogens is 420 g/mol. The Morgan fingerprint density at radius 1 is 1.11 bits per heavy atom. The summed E-state index contributed by atoms with van der Waals surface area (Å²) in [4.78, 5) is 14.3. The Bertz CT molecular complexity index is 907. The molecule has 0 unspecified atom stereocenters. The highest BCUT2D eigenvalue weighted by Crippen LogP contribution is 2.31. The predicted molar refractivity (Wildman–Crippen MR) is 110 cm³/mol. The third-order valence-electron chi connectivity index (χ3n) is 4.42. The van der Waals surface area contributed by atoms with E-state index in [1.54, 1.807) is 22.3 Å². The van der Waals surface area contributed by atoms with Crippen LogP contribution >= 0.6 is 23.1 Å². The van der Waals surface area contributed by atoms with Crippen LogP contribution in [0.25, 0.3) is 0 Å². The van der Waals surface area contributed by atoms with E-state index in [0.717, 1.165) is 4.21 Å². The first kappa shape index (κ1) is 21.0. The summed E-state index contributed by atoms with van der Waals surface area (Å²) in [5.74, 6) is 1.23. The van der Waals surface area contributed by atoms with E-state index in [4.69, 9.17) is 9.47 Å². The highest BCUT2D eigenvalue weighted by atomic mass is 32.2. The molecule has 0 atom stereocenters. The van der Waals surface area contributed by atoms with E-state index in [2.05, 4.69) is 0 Å². The Balaban J connectivity index is 1.61. The van der Waals surface area contributed by atoms with Crippen molar-refractivity contribution in [1.82, 2.24) is 9.21 Å². The van der Waals surface area contributed by atoms with Gasteiger partial charge in [-0.05, 0) is 23.6 Å². The third kappa shape index (κ3) is 4.62. The molecule has 28 heavy (non-hydrogen) atoms. The number of carbonyl (C=O) groups is 1. The van der Waals surface area contributed by atoms with E-state index in [1.807, 2.05) is 17.5 Å².